The van der Waals surface area contributed by atoms with Gasteiger partial charge in [-0.25, -0.2) is 0 Å². The van der Waals surface area contributed by atoms with Crippen LogP contribution >= 0.6 is 11.8 Å². The highest BCUT2D eigenvalue weighted by atomic mass is 32.2. The maximum atomic E-state index is 5.89. The Morgan fingerprint density at radius 2 is 2.59 bits per heavy atom. The molecule has 0 spiro atoms. The van der Waals surface area contributed by atoms with Crippen molar-refractivity contribution in [2.45, 2.75) is 25.5 Å². The van der Waals surface area contributed by atoms with Crippen molar-refractivity contribution < 1.29 is 4.74 Å². The van der Waals surface area contributed by atoms with Crippen LogP contribution in [0.3, 0.4) is 0 Å². The van der Waals surface area contributed by atoms with Gasteiger partial charge in [-0.1, -0.05) is 6.92 Å². The van der Waals surface area contributed by atoms with Crippen LogP contribution in [-0.2, 0) is 11.8 Å². The van der Waals surface area contributed by atoms with Crippen LogP contribution in [0.15, 0.2) is 12.3 Å². The SMILES string of the molecule is CCCNC(c1ccnn1C)C1CSCCO1. The first-order valence-electron chi connectivity index (χ1n) is 6.23. The van der Waals surface area contributed by atoms with Gasteiger partial charge in [0.25, 0.3) is 0 Å². The summed E-state index contributed by atoms with van der Waals surface area (Å²) in [7, 11) is 1.99. The van der Waals surface area contributed by atoms with E-state index in [0.717, 1.165) is 31.1 Å². The molecule has 0 saturated carbocycles. The Morgan fingerprint density at radius 1 is 1.71 bits per heavy atom. The molecule has 0 aromatic carbocycles. The van der Waals surface area contributed by atoms with Crippen LogP contribution in [0.2, 0.25) is 0 Å². The van der Waals surface area contributed by atoms with Crippen LogP contribution in [-0.4, -0.2) is 40.5 Å². The van der Waals surface area contributed by atoms with E-state index in [4.69, 9.17) is 4.74 Å². The van der Waals surface area contributed by atoms with Crippen molar-refractivity contribution in [2.24, 2.45) is 7.05 Å². The van der Waals surface area contributed by atoms with Crippen molar-refractivity contribution in [2.75, 3.05) is 24.7 Å². The molecule has 1 N–H and O–H groups in total. The number of rotatable bonds is 5. The lowest BCUT2D eigenvalue weighted by Gasteiger charge is -2.31. The van der Waals surface area contributed by atoms with E-state index >= 15 is 0 Å². The molecule has 2 atom stereocenters. The van der Waals surface area contributed by atoms with Gasteiger partial charge in [0.1, 0.15) is 0 Å². The standard InChI is InChI=1S/C12H21N3OS/c1-3-5-13-12(10-4-6-14-15(10)2)11-9-17-8-7-16-11/h4,6,11-13H,3,5,7-9H2,1-2H3. The highest BCUT2D eigenvalue weighted by Gasteiger charge is 2.27. The molecule has 1 fully saturated rings. The fourth-order valence-corrected chi connectivity index (χ4v) is 3.02. The summed E-state index contributed by atoms with van der Waals surface area (Å²) in [5.41, 5.74) is 1.21. The zero-order chi connectivity index (χ0) is 12.1. The Balaban J connectivity index is 2.09. The summed E-state index contributed by atoms with van der Waals surface area (Å²) in [5.74, 6) is 2.18. The van der Waals surface area contributed by atoms with Crippen molar-refractivity contribution in [3.8, 4) is 0 Å². The van der Waals surface area contributed by atoms with Gasteiger partial charge in [0.05, 0.1) is 24.4 Å². The number of hydrogen-bond donors (Lipinski definition) is 1. The van der Waals surface area contributed by atoms with Crippen LogP contribution in [0.25, 0.3) is 0 Å². The molecule has 17 heavy (non-hydrogen) atoms. The van der Waals surface area contributed by atoms with Crippen molar-refractivity contribution >= 4 is 11.8 Å². The Morgan fingerprint density at radius 3 is 3.18 bits per heavy atom. The number of thioether (sulfide) groups is 1. The minimum Gasteiger partial charge on any atom is -0.374 e. The summed E-state index contributed by atoms with van der Waals surface area (Å²) in [6.45, 7) is 4.06. The van der Waals surface area contributed by atoms with Gasteiger partial charge in [0.15, 0.2) is 0 Å². The van der Waals surface area contributed by atoms with Crippen molar-refractivity contribution in [3.63, 3.8) is 0 Å². The summed E-state index contributed by atoms with van der Waals surface area (Å²) >= 11 is 1.97. The van der Waals surface area contributed by atoms with E-state index in [1.54, 1.807) is 0 Å². The summed E-state index contributed by atoms with van der Waals surface area (Å²) in [6.07, 6.45) is 3.25. The number of ether oxygens (including phenoxy) is 1. The molecule has 1 aromatic rings. The van der Waals surface area contributed by atoms with Gasteiger partial charge in [0, 0.05) is 24.8 Å². The quantitative estimate of drug-likeness (QED) is 0.867. The first-order valence-corrected chi connectivity index (χ1v) is 7.39. The van der Waals surface area contributed by atoms with Crippen LogP contribution < -0.4 is 5.32 Å². The second kappa shape index (κ2) is 6.42. The molecule has 0 radical (unpaired) electrons. The Bertz CT molecular complexity index is 336. The Hall–Kier alpha value is -0.520. The second-order valence-electron chi connectivity index (χ2n) is 4.30. The molecule has 0 amide bonds. The fourth-order valence-electron chi connectivity index (χ4n) is 2.11. The molecular formula is C12H21N3OS. The van der Waals surface area contributed by atoms with Crippen molar-refractivity contribution in [1.29, 1.82) is 0 Å². The zero-order valence-electron chi connectivity index (χ0n) is 10.6. The van der Waals surface area contributed by atoms with Crippen molar-refractivity contribution in [1.82, 2.24) is 15.1 Å². The summed E-state index contributed by atoms with van der Waals surface area (Å²) in [4.78, 5) is 0. The molecule has 1 aliphatic heterocycles. The van der Waals surface area contributed by atoms with E-state index < -0.39 is 0 Å². The number of nitrogens with zero attached hydrogens (tertiary/aromatic N) is 2. The Kier molecular flexibility index (Phi) is 4.88. The van der Waals surface area contributed by atoms with Gasteiger partial charge in [-0.15, -0.1) is 0 Å². The van der Waals surface area contributed by atoms with Gasteiger partial charge in [0.2, 0.25) is 0 Å². The van der Waals surface area contributed by atoms with E-state index in [2.05, 4.69) is 23.4 Å². The molecule has 5 heteroatoms. The summed E-state index contributed by atoms with van der Waals surface area (Å²) < 4.78 is 7.83. The molecule has 2 heterocycles. The lowest BCUT2D eigenvalue weighted by atomic mass is 10.1. The molecule has 2 rings (SSSR count). The van der Waals surface area contributed by atoms with Gasteiger partial charge >= 0.3 is 0 Å². The third-order valence-electron chi connectivity index (χ3n) is 3.01. The highest BCUT2D eigenvalue weighted by Crippen LogP contribution is 2.25. The molecule has 96 valence electrons. The second-order valence-corrected chi connectivity index (χ2v) is 5.45. The van der Waals surface area contributed by atoms with E-state index in [1.807, 2.05) is 29.7 Å². The van der Waals surface area contributed by atoms with Gasteiger partial charge in [-0.3, -0.25) is 4.68 Å². The minimum atomic E-state index is 0.259. The molecule has 1 aliphatic rings. The van der Waals surface area contributed by atoms with E-state index in [9.17, 15) is 0 Å². The van der Waals surface area contributed by atoms with Gasteiger partial charge < -0.3 is 10.1 Å². The third kappa shape index (κ3) is 3.24. The molecule has 2 unspecified atom stereocenters. The molecule has 0 aliphatic carbocycles. The molecular weight excluding hydrogens is 234 g/mol. The smallest absolute Gasteiger partial charge is 0.0875 e. The molecule has 4 nitrogen and oxygen atoms in total. The van der Waals surface area contributed by atoms with E-state index in [0.29, 0.717) is 0 Å². The molecule has 0 bridgehead atoms. The van der Waals surface area contributed by atoms with Crippen LogP contribution in [0.4, 0.5) is 0 Å². The van der Waals surface area contributed by atoms with Crippen LogP contribution in [0.1, 0.15) is 25.1 Å². The normalized spacial score (nSPS) is 22.6. The molecule has 1 aromatic heterocycles. The third-order valence-corrected chi connectivity index (χ3v) is 4.02. The highest BCUT2D eigenvalue weighted by molar-refractivity contribution is 7.99. The topological polar surface area (TPSA) is 39.1 Å². The number of aromatic nitrogens is 2. The lowest BCUT2D eigenvalue weighted by Crippen LogP contribution is -2.39. The average molecular weight is 255 g/mol. The molecule has 1 saturated heterocycles. The number of hydrogen-bond acceptors (Lipinski definition) is 4. The van der Waals surface area contributed by atoms with Gasteiger partial charge in [-0.2, -0.15) is 16.9 Å². The van der Waals surface area contributed by atoms with Crippen molar-refractivity contribution in [3.05, 3.63) is 18.0 Å². The first-order chi connectivity index (χ1) is 8.33. The van der Waals surface area contributed by atoms with Crippen LogP contribution in [0.5, 0.6) is 0 Å². The monoisotopic (exact) mass is 255 g/mol. The van der Waals surface area contributed by atoms with E-state index in [1.165, 1.54) is 5.69 Å². The fraction of sp³-hybridized carbons (Fsp3) is 0.750. The van der Waals surface area contributed by atoms with E-state index in [-0.39, 0.29) is 12.1 Å². The minimum absolute atomic E-state index is 0.259. The number of aryl methyl sites for hydroxylation is 1. The maximum absolute atomic E-state index is 5.89. The Labute approximate surface area is 107 Å². The largest absolute Gasteiger partial charge is 0.374 e. The summed E-state index contributed by atoms with van der Waals surface area (Å²) in [6, 6.07) is 2.34. The first kappa shape index (κ1) is 12.9. The zero-order valence-corrected chi connectivity index (χ0v) is 11.4. The summed E-state index contributed by atoms with van der Waals surface area (Å²) in [5, 5.41) is 7.84. The average Bonchev–Trinajstić information content (AvgIpc) is 2.78. The maximum Gasteiger partial charge on any atom is 0.0875 e. The lowest BCUT2D eigenvalue weighted by molar-refractivity contribution is 0.0447. The predicted octanol–water partition coefficient (Wildman–Crippen LogP) is 1.59. The van der Waals surface area contributed by atoms with Crippen LogP contribution in [0, 0.1) is 0 Å². The number of nitrogens with one attached hydrogen (secondary N) is 1. The predicted molar refractivity (Wildman–Crippen MR) is 71.3 cm³/mol. The van der Waals surface area contributed by atoms with Gasteiger partial charge in [-0.05, 0) is 19.0 Å².